The van der Waals surface area contributed by atoms with Crippen LogP contribution in [0.5, 0.6) is 11.6 Å². The summed E-state index contributed by atoms with van der Waals surface area (Å²) in [5, 5.41) is 9.29. The number of piperidine rings is 1. The van der Waals surface area contributed by atoms with E-state index in [1.807, 2.05) is 27.7 Å². The molecular formula is C19H27FN4O3. The van der Waals surface area contributed by atoms with Crippen molar-refractivity contribution in [3.8, 4) is 11.6 Å². The second-order valence-corrected chi connectivity index (χ2v) is 6.22. The van der Waals surface area contributed by atoms with Gasteiger partial charge < -0.3 is 14.8 Å². The van der Waals surface area contributed by atoms with Crippen LogP contribution >= 0.6 is 0 Å². The molecule has 0 aromatic carbocycles. The van der Waals surface area contributed by atoms with Crippen LogP contribution in [0.1, 0.15) is 51.0 Å². The lowest BCUT2D eigenvalue weighted by atomic mass is 10.0. The molecule has 2 aromatic heterocycles. The third kappa shape index (κ3) is 5.03. The molecule has 1 aliphatic heterocycles. The highest BCUT2D eigenvalue weighted by Gasteiger charge is 2.27. The second-order valence-electron chi connectivity index (χ2n) is 6.22. The van der Waals surface area contributed by atoms with Gasteiger partial charge in [-0.25, -0.2) is 9.37 Å². The van der Waals surface area contributed by atoms with Crippen LogP contribution < -0.4 is 10.3 Å². The molecule has 27 heavy (non-hydrogen) atoms. The number of aryl methyl sites for hydroxylation is 1. The van der Waals surface area contributed by atoms with Gasteiger partial charge in [0.2, 0.25) is 5.88 Å². The molecule has 3 heterocycles. The van der Waals surface area contributed by atoms with E-state index in [1.165, 1.54) is 0 Å². The molecule has 0 aliphatic carbocycles. The average molecular weight is 378 g/mol. The van der Waals surface area contributed by atoms with E-state index in [9.17, 15) is 14.3 Å². The van der Waals surface area contributed by atoms with Crippen LogP contribution in [0.15, 0.2) is 23.3 Å². The number of nitrogens with zero attached hydrogens (tertiary/aromatic N) is 3. The zero-order chi connectivity index (χ0) is 20.0. The number of H-pyrrole nitrogens is 1. The predicted molar refractivity (Wildman–Crippen MR) is 100 cm³/mol. The van der Waals surface area contributed by atoms with Crippen LogP contribution in [0.3, 0.4) is 0 Å². The van der Waals surface area contributed by atoms with Gasteiger partial charge in [0.25, 0.3) is 5.56 Å². The van der Waals surface area contributed by atoms with Gasteiger partial charge in [-0.05, 0) is 26.7 Å². The van der Waals surface area contributed by atoms with E-state index in [4.69, 9.17) is 4.74 Å². The molecule has 1 aliphatic rings. The Morgan fingerprint density at radius 1 is 1.30 bits per heavy atom. The molecule has 0 amide bonds. The van der Waals surface area contributed by atoms with E-state index < -0.39 is 17.1 Å². The average Bonchev–Trinajstić information content (AvgIpc) is 2.68. The predicted octanol–water partition coefficient (Wildman–Crippen LogP) is 2.95. The molecule has 1 unspecified atom stereocenters. The Balaban J connectivity index is 0.00000126. The molecule has 1 atom stereocenters. The number of aromatic hydroxyl groups is 1. The van der Waals surface area contributed by atoms with Gasteiger partial charge in [0.1, 0.15) is 11.9 Å². The number of rotatable bonds is 4. The maximum Gasteiger partial charge on any atom is 0.290 e. The van der Waals surface area contributed by atoms with E-state index in [-0.39, 0.29) is 17.8 Å². The molecular weight excluding hydrogens is 351 g/mol. The first-order chi connectivity index (χ1) is 13.0. The summed E-state index contributed by atoms with van der Waals surface area (Å²) in [4.78, 5) is 24.4. The quantitative estimate of drug-likeness (QED) is 0.850. The van der Waals surface area contributed by atoms with Gasteiger partial charge >= 0.3 is 0 Å². The SMILES string of the molecule is CC.Cc1nccnc1OC1CCN(C(C)c2[nH]c(=O)c(O)cc2F)CC1. The molecule has 0 bridgehead atoms. The van der Waals surface area contributed by atoms with Crippen molar-refractivity contribution >= 4 is 0 Å². The zero-order valence-corrected chi connectivity index (χ0v) is 16.2. The fourth-order valence-corrected chi connectivity index (χ4v) is 3.05. The molecule has 0 radical (unpaired) electrons. The van der Waals surface area contributed by atoms with Crippen molar-refractivity contribution in [2.45, 2.75) is 52.7 Å². The number of pyridine rings is 1. The molecule has 1 saturated heterocycles. The van der Waals surface area contributed by atoms with Gasteiger partial charge in [-0.1, -0.05) is 13.8 Å². The summed E-state index contributed by atoms with van der Waals surface area (Å²) < 4.78 is 20.0. The Morgan fingerprint density at radius 2 is 1.93 bits per heavy atom. The first kappa shape index (κ1) is 20.8. The summed E-state index contributed by atoms with van der Waals surface area (Å²) in [5.74, 6) is -0.680. The summed E-state index contributed by atoms with van der Waals surface area (Å²) in [6.45, 7) is 9.09. The van der Waals surface area contributed by atoms with Crippen molar-refractivity contribution in [1.29, 1.82) is 0 Å². The fourth-order valence-electron chi connectivity index (χ4n) is 3.05. The Kier molecular flexibility index (Phi) is 7.29. The number of hydrogen-bond donors (Lipinski definition) is 2. The van der Waals surface area contributed by atoms with Crippen molar-refractivity contribution in [2.24, 2.45) is 0 Å². The minimum Gasteiger partial charge on any atom is -0.503 e. The molecule has 148 valence electrons. The summed E-state index contributed by atoms with van der Waals surface area (Å²) in [7, 11) is 0. The van der Waals surface area contributed by atoms with Gasteiger partial charge in [-0.2, -0.15) is 0 Å². The van der Waals surface area contributed by atoms with Crippen LogP contribution in [0.4, 0.5) is 4.39 Å². The molecule has 1 fully saturated rings. The lowest BCUT2D eigenvalue weighted by Crippen LogP contribution is -2.40. The maximum atomic E-state index is 14.0. The van der Waals surface area contributed by atoms with E-state index in [0.29, 0.717) is 19.0 Å². The number of ether oxygens (including phenoxy) is 1. The van der Waals surface area contributed by atoms with Gasteiger partial charge in [0.05, 0.1) is 17.4 Å². The monoisotopic (exact) mass is 378 g/mol. The van der Waals surface area contributed by atoms with Gasteiger partial charge in [-0.15, -0.1) is 0 Å². The third-order valence-corrected chi connectivity index (χ3v) is 4.56. The lowest BCUT2D eigenvalue weighted by Gasteiger charge is -2.35. The van der Waals surface area contributed by atoms with Gasteiger partial charge in [0, 0.05) is 31.5 Å². The van der Waals surface area contributed by atoms with Crippen molar-refractivity contribution in [3.05, 3.63) is 46.0 Å². The third-order valence-electron chi connectivity index (χ3n) is 4.56. The largest absolute Gasteiger partial charge is 0.503 e. The van der Waals surface area contributed by atoms with Crippen LogP contribution in [0, 0.1) is 12.7 Å². The maximum absolute atomic E-state index is 14.0. The molecule has 2 aromatic rings. The van der Waals surface area contributed by atoms with Crippen LogP contribution in [-0.4, -0.2) is 44.2 Å². The van der Waals surface area contributed by atoms with Crippen LogP contribution in [-0.2, 0) is 0 Å². The normalized spacial score (nSPS) is 16.3. The number of aromatic amines is 1. The molecule has 0 spiro atoms. The number of aromatic nitrogens is 3. The first-order valence-corrected chi connectivity index (χ1v) is 9.25. The van der Waals surface area contributed by atoms with Crippen LogP contribution in [0.25, 0.3) is 0 Å². The minimum absolute atomic E-state index is 0.0302. The summed E-state index contributed by atoms with van der Waals surface area (Å²) in [6, 6.07) is 0.560. The molecule has 2 N–H and O–H groups in total. The van der Waals surface area contributed by atoms with Crippen molar-refractivity contribution in [3.63, 3.8) is 0 Å². The fraction of sp³-hybridized carbons (Fsp3) is 0.526. The van der Waals surface area contributed by atoms with E-state index in [2.05, 4.69) is 19.9 Å². The summed E-state index contributed by atoms with van der Waals surface area (Å²) in [5.41, 5.74) is 0.258. The second kappa shape index (κ2) is 9.45. The Morgan fingerprint density at radius 3 is 2.56 bits per heavy atom. The number of hydrogen-bond acceptors (Lipinski definition) is 6. The van der Waals surface area contributed by atoms with E-state index in [1.54, 1.807) is 12.4 Å². The highest BCUT2D eigenvalue weighted by atomic mass is 19.1. The number of likely N-dealkylation sites (tertiary alicyclic amines) is 1. The highest BCUT2D eigenvalue weighted by molar-refractivity contribution is 5.22. The van der Waals surface area contributed by atoms with E-state index in [0.717, 1.165) is 24.6 Å². The van der Waals surface area contributed by atoms with Crippen molar-refractivity contribution < 1.29 is 14.2 Å². The zero-order valence-electron chi connectivity index (χ0n) is 16.2. The minimum atomic E-state index is -0.681. The molecule has 0 saturated carbocycles. The summed E-state index contributed by atoms with van der Waals surface area (Å²) in [6.07, 6.45) is 4.79. The standard InChI is InChI=1S/C17H21FN4O3.C2H6/c1-10-17(20-6-5-19-10)25-12-3-7-22(8-4-12)11(2)15-13(18)9-14(23)16(24)21-15;1-2/h5-6,9,11-12,23H,3-4,7-8H2,1-2H3,(H,21,24);1-2H3. The van der Waals surface area contributed by atoms with E-state index >= 15 is 0 Å². The Bertz CT molecular complexity index is 804. The smallest absolute Gasteiger partial charge is 0.290 e. The van der Waals surface area contributed by atoms with Gasteiger partial charge in [-0.3, -0.25) is 14.7 Å². The Hall–Kier alpha value is -2.48. The number of nitrogens with one attached hydrogen (secondary N) is 1. The molecule has 7 nitrogen and oxygen atoms in total. The van der Waals surface area contributed by atoms with Crippen molar-refractivity contribution in [1.82, 2.24) is 19.9 Å². The molecule has 3 rings (SSSR count). The highest BCUT2D eigenvalue weighted by Crippen LogP contribution is 2.26. The van der Waals surface area contributed by atoms with Crippen molar-refractivity contribution in [2.75, 3.05) is 13.1 Å². The first-order valence-electron chi connectivity index (χ1n) is 9.25. The Labute approximate surface area is 158 Å². The molecule has 8 heteroatoms. The van der Waals surface area contributed by atoms with Gasteiger partial charge in [0.15, 0.2) is 5.75 Å². The summed E-state index contributed by atoms with van der Waals surface area (Å²) >= 11 is 0. The number of halogens is 1. The van der Waals surface area contributed by atoms with Crippen LogP contribution in [0.2, 0.25) is 0 Å². The topological polar surface area (TPSA) is 91.3 Å². The lowest BCUT2D eigenvalue weighted by molar-refractivity contribution is 0.0739.